The minimum Gasteiger partial charge on any atom is -0.486 e. The molecule has 1 N–H and O–H groups in total. The number of anilines is 1. The Hall–Kier alpha value is -2.09. The van der Waals surface area contributed by atoms with Gasteiger partial charge in [-0.15, -0.1) is 22.0 Å². The molecule has 0 aliphatic heterocycles. The summed E-state index contributed by atoms with van der Waals surface area (Å²) < 4.78 is 5.61. The third kappa shape index (κ3) is 6.01. The number of halogens is 1. The van der Waals surface area contributed by atoms with Crippen molar-refractivity contribution in [3.8, 4) is 5.75 Å². The molecule has 0 fully saturated rings. The van der Waals surface area contributed by atoms with E-state index in [1.807, 2.05) is 30.3 Å². The van der Waals surface area contributed by atoms with Crippen molar-refractivity contribution in [2.45, 2.75) is 12.4 Å². The molecule has 0 saturated carbocycles. The number of benzene rings is 2. The smallest absolute Gasteiger partial charge is 0.236 e. The van der Waals surface area contributed by atoms with Crippen LogP contribution in [0.2, 0.25) is 5.02 Å². The van der Waals surface area contributed by atoms with Crippen LogP contribution >= 0.6 is 34.7 Å². The van der Waals surface area contributed by atoms with Crippen LogP contribution in [0.3, 0.4) is 0 Å². The SMILES string of the molecule is O=C(CSCc1ccccc1)Nc1nnc(COc2ccc(Cl)cc2)s1. The quantitative estimate of drug-likeness (QED) is 0.591. The van der Waals surface area contributed by atoms with E-state index >= 15 is 0 Å². The lowest BCUT2D eigenvalue weighted by Crippen LogP contribution is -2.13. The maximum Gasteiger partial charge on any atom is 0.236 e. The van der Waals surface area contributed by atoms with Gasteiger partial charge in [0.1, 0.15) is 12.4 Å². The molecule has 134 valence electrons. The molecule has 1 heterocycles. The van der Waals surface area contributed by atoms with E-state index in [1.54, 1.807) is 36.0 Å². The number of rotatable bonds is 8. The van der Waals surface area contributed by atoms with Gasteiger partial charge in [0, 0.05) is 10.8 Å². The second kappa shape index (κ2) is 9.56. The van der Waals surface area contributed by atoms with Crippen molar-refractivity contribution in [2.24, 2.45) is 0 Å². The van der Waals surface area contributed by atoms with E-state index in [9.17, 15) is 4.79 Å². The second-order valence-corrected chi connectivity index (χ2v) is 7.75. The van der Waals surface area contributed by atoms with E-state index < -0.39 is 0 Å². The van der Waals surface area contributed by atoms with Crippen LogP contribution in [0, 0.1) is 0 Å². The molecule has 0 saturated heterocycles. The average Bonchev–Trinajstić information content (AvgIpc) is 3.09. The Morgan fingerprint density at radius 2 is 1.88 bits per heavy atom. The van der Waals surface area contributed by atoms with Gasteiger partial charge in [0.05, 0.1) is 5.75 Å². The summed E-state index contributed by atoms with van der Waals surface area (Å²) in [5, 5.41) is 12.6. The number of amides is 1. The molecule has 0 aliphatic rings. The summed E-state index contributed by atoms with van der Waals surface area (Å²) in [6.45, 7) is 0.290. The Morgan fingerprint density at radius 1 is 1.12 bits per heavy atom. The van der Waals surface area contributed by atoms with E-state index in [0.717, 1.165) is 5.75 Å². The summed E-state index contributed by atoms with van der Waals surface area (Å²) in [4.78, 5) is 12.0. The zero-order valence-electron chi connectivity index (χ0n) is 13.7. The number of ether oxygens (including phenoxy) is 1. The fourth-order valence-electron chi connectivity index (χ4n) is 2.03. The lowest BCUT2D eigenvalue weighted by atomic mass is 10.2. The summed E-state index contributed by atoms with van der Waals surface area (Å²) in [7, 11) is 0. The van der Waals surface area contributed by atoms with Gasteiger partial charge in [-0.25, -0.2) is 0 Å². The van der Waals surface area contributed by atoms with E-state index in [1.165, 1.54) is 16.9 Å². The molecule has 0 spiro atoms. The lowest BCUT2D eigenvalue weighted by molar-refractivity contribution is -0.113. The zero-order valence-corrected chi connectivity index (χ0v) is 16.1. The Balaban J connectivity index is 1.41. The van der Waals surface area contributed by atoms with Gasteiger partial charge in [-0.3, -0.25) is 10.1 Å². The van der Waals surface area contributed by atoms with Crippen molar-refractivity contribution in [3.63, 3.8) is 0 Å². The first kappa shape index (κ1) is 18.7. The highest BCUT2D eigenvalue weighted by Crippen LogP contribution is 2.20. The van der Waals surface area contributed by atoms with Crippen LogP contribution in [0.5, 0.6) is 5.75 Å². The third-order valence-corrected chi connectivity index (χ3v) is 5.30. The lowest BCUT2D eigenvalue weighted by Gasteiger charge is -2.03. The fourth-order valence-corrected chi connectivity index (χ4v) is 3.61. The molecule has 3 rings (SSSR count). The van der Waals surface area contributed by atoms with E-state index in [4.69, 9.17) is 16.3 Å². The van der Waals surface area contributed by atoms with Crippen LogP contribution in [-0.4, -0.2) is 21.9 Å². The van der Waals surface area contributed by atoms with Gasteiger partial charge in [-0.2, -0.15) is 0 Å². The minimum absolute atomic E-state index is 0.0905. The maximum absolute atomic E-state index is 12.0. The Labute approximate surface area is 164 Å². The van der Waals surface area contributed by atoms with Crippen molar-refractivity contribution in [2.75, 3.05) is 11.1 Å². The predicted molar refractivity (Wildman–Crippen MR) is 107 cm³/mol. The molecule has 26 heavy (non-hydrogen) atoms. The summed E-state index contributed by atoms with van der Waals surface area (Å²) in [6.07, 6.45) is 0. The molecule has 3 aromatic rings. The van der Waals surface area contributed by atoms with Crippen LogP contribution in [0.25, 0.3) is 0 Å². The van der Waals surface area contributed by atoms with Crippen molar-refractivity contribution >= 4 is 45.7 Å². The molecule has 1 aromatic heterocycles. The highest BCUT2D eigenvalue weighted by Gasteiger charge is 2.09. The van der Waals surface area contributed by atoms with Gasteiger partial charge in [0.25, 0.3) is 0 Å². The van der Waals surface area contributed by atoms with Gasteiger partial charge in [0.15, 0.2) is 5.01 Å². The molecule has 5 nitrogen and oxygen atoms in total. The molecule has 0 bridgehead atoms. The van der Waals surface area contributed by atoms with Crippen LogP contribution in [-0.2, 0) is 17.2 Å². The van der Waals surface area contributed by atoms with Gasteiger partial charge >= 0.3 is 0 Å². The first-order chi connectivity index (χ1) is 12.7. The number of hydrogen-bond acceptors (Lipinski definition) is 6. The number of aromatic nitrogens is 2. The van der Waals surface area contributed by atoms with Crippen LogP contribution in [0.1, 0.15) is 10.6 Å². The number of nitrogens with zero attached hydrogens (tertiary/aromatic N) is 2. The van der Waals surface area contributed by atoms with Crippen molar-refractivity contribution in [1.29, 1.82) is 0 Å². The standard InChI is InChI=1S/C18H16ClN3O2S2/c19-14-6-8-15(9-7-14)24-10-17-21-22-18(26-17)20-16(23)12-25-11-13-4-2-1-3-5-13/h1-9H,10-12H2,(H,20,22,23). The van der Waals surface area contributed by atoms with Crippen LogP contribution in [0.15, 0.2) is 54.6 Å². The van der Waals surface area contributed by atoms with Gasteiger partial charge in [-0.1, -0.05) is 53.3 Å². The number of carbonyl (C=O) groups excluding carboxylic acids is 1. The highest BCUT2D eigenvalue weighted by molar-refractivity contribution is 7.99. The van der Waals surface area contributed by atoms with E-state index in [0.29, 0.717) is 26.7 Å². The molecule has 0 radical (unpaired) electrons. The van der Waals surface area contributed by atoms with Gasteiger partial charge in [0.2, 0.25) is 11.0 Å². The highest BCUT2D eigenvalue weighted by atomic mass is 35.5. The summed E-state index contributed by atoms with van der Waals surface area (Å²) in [5.41, 5.74) is 1.20. The predicted octanol–water partition coefficient (Wildman–Crippen LogP) is 4.64. The molecular weight excluding hydrogens is 390 g/mol. The molecule has 0 aliphatic carbocycles. The van der Waals surface area contributed by atoms with Crippen LogP contribution < -0.4 is 10.1 Å². The van der Waals surface area contributed by atoms with Crippen LogP contribution in [0.4, 0.5) is 5.13 Å². The molecule has 1 amide bonds. The topological polar surface area (TPSA) is 64.1 Å². The monoisotopic (exact) mass is 405 g/mol. The Morgan fingerprint density at radius 3 is 2.65 bits per heavy atom. The van der Waals surface area contributed by atoms with E-state index in [2.05, 4.69) is 15.5 Å². The van der Waals surface area contributed by atoms with Crippen molar-refractivity contribution in [1.82, 2.24) is 10.2 Å². The second-order valence-electron chi connectivity index (χ2n) is 5.27. The molecule has 8 heteroatoms. The minimum atomic E-state index is -0.0905. The maximum atomic E-state index is 12.0. The number of carbonyl (C=O) groups is 1. The Bertz CT molecular complexity index is 841. The summed E-state index contributed by atoms with van der Waals surface area (Å²) in [5.74, 6) is 1.77. The summed E-state index contributed by atoms with van der Waals surface area (Å²) in [6, 6.07) is 17.1. The van der Waals surface area contributed by atoms with Gasteiger partial charge < -0.3 is 4.74 Å². The first-order valence-electron chi connectivity index (χ1n) is 7.81. The molecule has 2 aromatic carbocycles. The molecular formula is C18H16ClN3O2S2. The average molecular weight is 406 g/mol. The number of thioether (sulfide) groups is 1. The first-order valence-corrected chi connectivity index (χ1v) is 10.2. The summed E-state index contributed by atoms with van der Waals surface area (Å²) >= 11 is 8.69. The number of nitrogens with one attached hydrogen (secondary N) is 1. The molecule has 0 atom stereocenters. The normalized spacial score (nSPS) is 10.5. The van der Waals surface area contributed by atoms with E-state index in [-0.39, 0.29) is 12.5 Å². The number of hydrogen-bond donors (Lipinski definition) is 1. The van der Waals surface area contributed by atoms with Gasteiger partial charge in [-0.05, 0) is 29.8 Å². The van der Waals surface area contributed by atoms with Crippen molar-refractivity contribution in [3.05, 3.63) is 70.2 Å². The Kier molecular flexibility index (Phi) is 6.88. The largest absolute Gasteiger partial charge is 0.486 e. The third-order valence-electron chi connectivity index (χ3n) is 3.23. The zero-order chi connectivity index (χ0) is 18.2. The molecule has 0 unspecified atom stereocenters. The van der Waals surface area contributed by atoms with Crippen molar-refractivity contribution < 1.29 is 9.53 Å². The fraction of sp³-hybridized carbons (Fsp3) is 0.167.